The number of quaternary nitrogens is 1. The van der Waals surface area contributed by atoms with Crippen molar-refractivity contribution in [3.8, 4) is 0 Å². The molecule has 0 radical (unpaired) electrons. The summed E-state index contributed by atoms with van der Waals surface area (Å²) in [5.74, 6) is -2.64. The summed E-state index contributed by atoms with van der Waals surface area (Å²) in [5, 5.41) is 11.4. The summed E-state index contributed by atoms with van der Waals surface area (Å²) < 4.78 is 5.87. The van der Waals surface area contributed by atoms with Crippen LogP contribution in [-0.4, -0.2) is 61.2 Å². The number of amides is 1. The van der Waals surface area contributed by atoms with Gasteiger partial charge in [-0.1, -0.05) is 12.2 Å². The number of carbonyl (C=O) groups is 2. The number of fused-ring (bicyclic) bond motifs is 1. The largest absolute Gasteiger partial charge is 0.550 e. The number of carboxylic acids is 1. The fraction of sp³-hybridized carbons (Fsp3) is 0.733. The van der Waals surface area contributed by atoms with Gasteiger partial charge in [0, 0.05) is 30.8 Å². The van der Waals surface area contributed by atoms with E-state index in [1.54, 1.807) is 6.08 Å². The van der Waals surface area contributed by atoms with E-state index in [0.29, 0.717) is 6.54 Å². The second kappa shape index (κ2) is 4.30. The van der Waals surface area contributed by atoms with Gasteiger partial charge >= 0.3 is 0 Å². The van der Waals surface area contributed by atoms with E-state index >= 15 is 0 Å². The molecule has 4 aliphatic rings. The fourth-order valence-electron chi connectivity index (χ4n) is 4.51. The fourth-order valence-corrected chi connectivity index (χ4v) is 4.51. The molecule has 3 fully saturated rings. The van der Waals surface area contributed by atoms with E-state index in [1.807, 2.05) is 11.0 Å². The molecule has 0 aromatic carbocycles. The number of hydrogen-bond donors (Lipinski definition) is 1. The van der Waals surface area contributed by atoms with Crippen molar-refractivity contribution in [2.45, 2.75) is 30.6 Å². The molecule has 6 nitrogen and oxygen atoms in total. The first-order valence-corrected chi connectivity index (χ1v) is 7.72. The van der Waals surface area contributed by atoms with Crippen molar-refractivity contribution in [2.75, 3.05) is 26.7 Å². The molecule has 4 rings (SSSR count). The van der Waals surface area contributed by atoms with Crippen LogP contribution in [0.2, 0.25) is 0 Å². The number of nitrogens with zero attached hydrogens (tertiary/aromatic N) is 1. The molecule has 3 saturated heterocycles. The van der Waals surface area contributed by atoms with E-state index in [9.17, 15) is 14.7 Å². The van der Waals surface area contributed by atoms with Crippen molar-refractivity contribution in [3.05, 3.63) is 12.2 Å². The normalized spacial score (nSPS) is 48.0. The predicted molar refractivity (Wildman–Crippen MR) is 70.1 cm³/mol. The quantitative estimate of drug-likeness (QED) is 0.558. The average molecular weight is 292 g/mol. The molecule has 1 spiro atoms. The van der Waals surface area contributed by atoms with E-state index in [-0.39, 0.29) is 11.9 Å². The molecule has 21 heavy (non-hydrogen) atoms. The van der Waals surface area contributed by atoms with Crippen LogP contribution in [-0.2, 0) is 14.3 Å². The molecule has 2 bridgehead atoms. The van der Waals surface area contributed by atoms with Crippen molar-refractivity contribution < 1.29 is 24.3 Å². The third-order valence-corrected chi connectivity index (χ3v) is 5.65. The number of likely N-dealkylation sites (tertiary alicyclic amines) is 2. The second-order valence-electron chi connectivity index (χ2n) is 6.87. The molecule has 0 unspecified atom stereocenters. The monoisotopic (exact) mass is 292 g/mol. The first-order valence-electron chi connectivity index (χ1n) is 7.72. The molecule has 6 heteroatoms. The van der Waals surface area contributed by atoms with E-state index in [1.165, 1.54) is 4.90 Å². The van der Waals surface area contributed by atoms with Crippen LogP contribution in [0.25, 0.3) is 0 Å². The summed E-state index contributed by atoms with van der Waals surface area (Å²) in [4.78, 5) is 27.5. The molecule has 4 heterocycles. The molecule has 114 valence electrons. The Morgan fingerprint density at radius 1 is 1.48 bits per heavy atom. The molecule has 1 N–H and O–H groups in total. The summed E-state index contributed by atoms with van der Waals surface area (Å²) in [7, 11) is 2.16. The summed E-state index contributed by atoms with van der Waals surface area (Å²) in [6, 6.07) is 0.222. The Hall–Kier alpha value is -1.40. The maximum atomic E-state index is 12.8. The van der Waals surface area contributed by atoms with Crippen LogP contribution < -0.4 is 10.0 Å². The van der Waals surface area contributed by atoms with Gasteiger partial charge in [0.1, 0.15) is 5.60 Å². The van der Waals surface area contributed by atoms with E-state index in [4.69, 9.17) is 4.74 Å². The average Bonchev–Trinajstić information content (AvgIpc) is 3.08. The highest BCUT2D eigenvalue weighted by Gasteiger charge is 2.66. The standard InChI is InChI=1S/C15H20N2O4/c1-16-6-3-9(4-7-16)17-8-15-5-2-10(21-15)11(14(19)20)12(15)13(17)18/h2,5,9-12H,3-4,6-8H2,1H3,(H,19,20)/t10-,11+,12+,15-/m1/s1. The number of aliphatic carboxylic acids is 1. The lowest BCUT2D eigenvalue weighted by atomic mass is 9.77. The highest BCUT2D eigenvalue weighted by Crippen LogP contribution is 2.52. The van der Waals surface area contributed by atoms with Gasteiger partial charge < -0.3 is 24.4 Å². The van der Waals surface area contributed by atoms with Crippen molar-refractivity contribution in [1.29, 1.82) is 0 Å². The molecule has 0 aromatic heterocycles. The van der Waals surface area contributed by atoms with Crippen LogP contribution in [0.1, 0.15) is 12.8 Å². The van der Waals surface area contributed by atoms with Crippen LogP contribution in [0.3, 0.4) is 0 Å². The molecule has 1 amide bonds. The topological polar surface area (TPSA) is 74.1 Å². The Bertz CT molecular complexity index is 526. The number of carbonyl (C=O) groups excluding carboxylic acids is 2. The lowest BCUT2D eigenvalue weighted by Crippen LogP contribution is -3.10. The minimum atomic E-state index is -1.17. The first-order chi connectivity index (χ1) is 10.0. The maximum Gasteiger partial charge on any atom is 0.230 e. The number of hydrogen-bond acceptors (Lipinski definition) is 4. The van der Waals surface area contributed by atoms with Gasteiger partial charge in [-0.3, -0.25) is 4.79 Å². The molecule has 0 saturated carbocycles. The van der Waals surface area contributed by atoms with Crippen molar-refractivity contribution in [2.24, 2.45) is 11.8 Å². The summed E-state index contributed by atoms with van der Waals surface area (Å²) >= 11 is 0. The minimum Gasteiger partial charge on any atom is -0.550 e. The molecule has 0 aliphatic carbocycles. The maximum absolute atomic E-state index is 12.8. The van der Waals surface area contributed by atoms with Crippen LogP contribution in [0.5, 0.6) is 0 Å². The predicted octanol–water partition coefficient (Wildman–Crippen LogP) is -2.80. The van der Waals surface area contributed by atoms with Gasteiger partial charge in [0.2, 0.25) is 5.91 Å². The number of piperidine rings is 1. The first kappa shape index (κ1) is 13.3. The Labute approximate surface area is 123 Å². The van der Waals surface area contributed by atoms with Gasteiger partial charge in [-0.2, -0.15) is 0 Å². The van der Waals surface area contributed by atoms with Crippen LogP contribution in [0, 0.1) is 11.8 Å². The molecule has 4 atom stereocenters. The van der Waals surface area contributed by atoms with E-state index in [0.717, 1.165) is 25.9 Å². The third kappa shape index (κ3) is 1.72. The third-order valence-electron chi connectivity index (χ3n) is 5.65. The Kier molecular flexibility index (Phi) is 2.72. The summed E-state index contributed by atoms with van der Waals surface area (Å²) in [6.45, 7) is 2.60. The van der Waals surface area contributed by atoms with Gasteiger partial charge in [0.05, 0.1) is 38.7 Å². The number of ether oxygens (including phenoxy) is 1. The minimum absolute atomic E-state index is 0.0550. The number of rotatable bonds is 2. The van der Waals surface area contributed by atoms with Gasteiger partial charge in [0.25, 0.3) is 0 Å². The lowest BCUT2D eigenvalue weighted by Gasteiger charge is -2.34. The van der Waals surface area contributed by atoms with E-state index in [2.05, 4.69) is 7.05 Å². The lowest BCUT2D eigenvalue weighted by molar-refractivity contribution is -0.885. The molecular formula is C15H20N2O4. The summed E-state index contributed by atoms with van der Waals surface area (Å²) in [5.41, 5.74) is -0.720. The van der Waals surface area contributed by atoms with Crippen LogP contribution in [0.4, 0.5) is 0 Å². The van der Waals surface area contributed by atoms with Crippen molar-refractivity contribution in [1.82, 2.24) is 4.90 Å². The number of carboxylic acid groups (broad SMARTS) is 1. The molecule has 0 aromatic rings. The second-order valence-corrected chi connectivity index (χ2v) is 6.87. The van der Waals surface area contributed by atoms with Gasteiger partial charge in [-0.15, -0.1) is 0 Å². The zero-order chi connectivity index (χ0) is 14.8. The smallest absolute Gasteiger partial charge is 0.230 e. The Balaban J connectivity index is 1.60. The van der Waals surface area contributed by atoms with Crippen LogP contribution >= 0.6 is 0 Å². The Morgan fingerprint density at radius 2 is 2.19 bits per heavy atom. The highest BCUT2D eigenvalue weighted by molar-refractivity contribution is 5.90. The molecule has 4 aliphatic heterocycles. The van der Waals surface area contributed by atoms with Gasteiger partial charge in [0.15, 0.2) is 0 Å². The van der Waals surface area contributed by atoms with E-state index < -0.39 is 29.5 Å². The van der Waals surface area contributed by atoms with Gasteiger partial charge in [-0.05, 0) is 0 Å². The highest BCUT2D eigenvalue weighted by atomic mass is 16.5. The summed E-state index contributed by atoms with van der Waals surface area (Å²) in [6.07, 6.45) is 5.15. The SMILES string of the molecule is C[NH+]1CCC(N2C[C@@]34C=C[C@@H](O3)[C@H](C(=O)[O-])[C@H]4C2=O)CC1. The molecular weight excluding hydrogens is 272 g/mol. The van der Waals surface area contributed by atoms with Crippen LogP contribution in [0.15, 0.2) is 12.2 Å². The van der Waals surface area contributed by atoms with Crippen molar-refractivity contribution in [3.63, 3.8) is 0 Å². The zero-order valence-electron chi connectivity index (χ0n) is 12.1. The van der Waals surface area contributed by atoms with Gasteiger partial charge in [-0.25, -0.2) is 0 Å². The van der Waals surface area contributed by atoms with Crippen molar-refractivity contribution >= 4 is 11.9 Å². The number of nitrogens with one attached hydrogen (secondary N) is 1. The Morgan fingerprint density at radius 3 is 2.86 bits per heavy atom. The zero-order valence-corrected chi connectivity index (χ0v) is 12.1.